The Balaban J connectivity index is 1.35. The van der Waals surface area contributed by atoms with E-state index in [9.17, 15) is 37.2 Å². The minimum atomic E-state index is -4.65. The summed E-state index contributed by atoms with van der Waals surface area (Å²) in [5.74, 6) is -4.15. The lowest BCUT2D eigenvalue weighted by Gasteiger charge is -2.19. The summed E-state index contributed by atoms with van der Waals surface area (Å²) < 4.78 is 56.8. The number of unbranched alkanes of at least 4 members (excludes halogenated alkanes) is 1. The van der Waals surface area contributed by atoms with E-state index in [0.29, 0.717) is 53.8 Å². The maximum atomic E-state index is 14.0. The quantitative estimate of drug-likeness (QED) is 0.0561. The molecule has 276 valence electrons. The van der Waals surface area contributed by atoms with Gasteiger partial charge < -0.3 is 35.8 Å². The molecule has 2 heterocycles. The highest BCUT2D eigenvalue weighted by Gasteiger charge is 2.26. The maximum absolute atomic E-state index is 14.0. The van der Waals surface area contributed by atoms with Crippen LogP contribution in [0.3, 0.4) is 0 Å². The van der Waals surface area contributed by atoms with Crippen molar-refractivity contribution < 1.29 is 51.5 Å². The van der Waals surface area contributed by atoms with Gasteiger partial charge in [0, 0.05) is 60.6 Å². The third-order valence-corrected chi connectivity index (χ3v) is 9.13. The van der Waals surface area contributed by atoms with E-state index in [1.165, 1.54) is 24.3 Å². The van der Waals surface area contributed by atoms with Gasteiger partial charge in [0.15, 0.2) is 11.6 Å². The van der Waals surface area contributed by atoms with Gasteiger partial charge in [-0.05, 0) is 92.6 Å². The number of aryl methyl sites for hydroxylation is 1. The highest BCUT2D eigenvalue weighted by Crippen LogP contribution is 2.37. The lowest BCUT2D eigenvalue weighted by atomic mass is 10.0. The zero-order valence-electron chi connectivity index (χ0n) is 28.2. The molecule has 0 aliphatic carbocycles. The first-order valence-corrected chi connectivity index (χ1v) is 18.0. The summed E-state index contributed by atoms with van der Waals surface area (Å²) in [5.41, 5.74) is 4.72. The molecule has 2 atom stereocenters. The molecule has 16 heteroatoms. The van der Waals surface area contributed by atoms with Crippen LogP contribution in [0.1, 0.15) is 65.7 Å². The van der Waals surface area contributed by atoms with E-state index in [-0.39, 0.29) is 56.7 Å². The number of phosphoric ester groups is 1. The largest absolute Gasteiger partial charge is 0.469 e. The summed E-state index contributed by atoms with van der Waals surface area (Å²) in [6.45, 7) is 3.31. The molecule has 4 rings (SSSR count). The second-order valence-electron chi connectivity index (χ2n) is 12.6. The molecule has 0 spiro atoms. The van der Waals surface area contributed by atoms with Crippen molar-refractivity contribution in [2.45, 2.75) is 64.8 Å². The van der Waals surface area contributed by atoms with Crippen LogP contribution < -0.4 is 16.0 Å². The summed E-state index contributed by atoms with van der Waals surface area (Å²) in [6, 6.07) is 6.67. The molecule has 51 heavy (non-hydrogen) atoms. The molecule has 12 nitrogen and oxygen atoms in total. The number of aromatic amines is 1. The van der Waals surface area contributed by atoms with Gasteiger partial charge in [-0.15, -0.1) is 0 Å². The average Bonchev–Trinajstić information content (AvgIpc) is 3.51. The summed E-state index contributed by atoms with van der Waals surface area (Å²) in [4.78, 5) is 59.6. The molecule has 1 aliphatic rings. The predicted octanol–water partition coefficient (Wildman–Crippen LogP) is 4.60. The number of aliphatic hydroxyl groups excluding tert-OH is 1. The van der Waals surface area contributed by atoms with Crippen LogP contribution in [0.4, 0.5) is 18.9 Å². The number of aliphatic hydroxyl groups is 1. The number of phosphoric acid groups is 1. The van der Waals surface area contributed by atoms with Gasteiger partial charge in [-0.2, -0.15) is 0 Å². The van der Waals surface area contributed by atoms with Crippen molar-refractivity contribution in [1.29, 1.82) is 0 Å². The SMILES string of the molecule is Cc1[nH]c(/C=C2\C(=O)Nc3ccc(F)cc32)c(C)c1CCC(=O)N[C@@H](CC(=O)NCCCCC(CO)COP(=O)(O)O)Cc1ccc(F)c(F)c1. The van der Waals surface area contributed by atoms with E-state index in [2.05, 4.69) is 25.5 Å². The predicted molar refractivity (Wildman–Crippen MR) is 184 cm³/mol. The zero-order valence-corrected chi connectivity index (χ0v) is 29.1. The number of carbonyl (C=O) groups excluding carboxylic acids is 3. The fourth-order valence-electron chi connectivity index (χ4n) is 5.96. The van der Waals surface area contributed by atoms with Crippen molar-refractivity contribution in [3.63, 3.8) is 0 Å². The number of H-pyrrole nitrogens is 1. The van der Waals surface area contributed by atoms with E-state index in [0.717, 1.165) is 29.0 Å². The zero-order chi connectivity index (χ0) is 37.3. The number of hydrogen-bond acceptors (Lipinski definition) is 6. The molecule has 0 radical (unpaired) electrons. The van der Waals surface area contributed by atoms with Crippen LogP contribution in [0.5, 0.6) is 0 Å². The number of nitrogens with one attached hydrogen (secondary N) is 4. The summed E-state index contributed by atoms with van der Waals surface area (Å²) in [5, 5.41) is 17.7. The minimum Gasteiger partial charge on any atom is -0.396 e. The number of benzene rings is 2. The molecule has 3 amide bonds. The Bertz CT molecular complexity index is 1830. The van der Waals surface area contributed by atoms with Crippen LogP contribution in [-0.4, -0.2) is 63.4 Å². The third kappa shape index (κ3) is 11.6. The normalized spacial score (nSPS) is 14.7. The topological polar surface area (TPSA) is 190 Å². The lowest BCUT2D eigenvalue weighted by Crippen LogP contribution is -2.41. The van der Waals surface area contributed by atoms with E-state index in [1.54, 1.807) is 6.08 Å². The Hall–Kier alpha value is -4.27. The van der Waals surface area contributed by atoms with Crippen molar-refractivity contribution >= 4 is 42.9 Å². The number of carbonyl (C=O) groups is 3. The molecule has 1 aromatic heterocycles. The first kappa shape index (κ1) is 39.5. The molecule has 7 N–H and O–H groups in total. The van der Waals surface area contributed by atoms with E-state index in [1.807, 2.05) is 13.8 Å². The second kappa shape index (κ2) is 17.8. The minimum absolute atomic E-state index is 0.0394. The van der Waals surface area contributed by atoms with E-state index in [4.69, 9.17) is 9.79 Å². The van der Waals surface area contributed by atoms with Gasteiger partial charge in [0.1, 0.15) is 5.82 Å². The Morgan fingerprint density at radius 1 is 1.04 bits per heavy atom. The molecule has 0 saturated heterocycles. The molecular weight excluding hydrogens is 692 g/mol. The number of fused-ring (bicyclic) bond motifs is 1. The average molecular weight is 735 g/mol. The number of amides is 3. The Labute approximate surface area is 293 Å². The van der Waals surface area contributed by atoms with Crippen molar-refractivity contribution in [3.05, 3.63) is 87.5 Å². The van der Waals surface area contributed by atoms with E-state index >= 15 is 0 Å². The van der Waals surface area contributed by atoms with Gasteiger partial charge in [-0.25, -0.2) is 17.7 Å². The fraction of sp³-hybridized carbons (Fsp3) is 0.400. The van der Waals surface area contributed by atoms with Crippen LogP contribution in [0.2, 0.25) is 0 Å². The second-order valence-corrected chi connectivity index (χ2v) is 13.8. The number of rotatable bonds is 18. The summed E-state index contributed by atoms with van der Waals surface area (Å²) in [7, 11) is -4.65. The molecule has 2 aromatic carbocycles. The van der Waals surface area contributed by atoms with Crippen LogP contribution in [0, 0.1) is 37.2 Å². The van der Waals surface area contributed by atoms with Crippen molar-refractivity contribution in [2.75, 3.05) is 25.1 Å². The van der Waals surface area contributed by atoms with Crippen LogP contribution in [0.25, 0.3) is 11.6 Å². The highest BCUT2D eigenvalue weighted by molar-refractivity contribution is 7.46. The monoisotopic (exact) mass is 734 g/mol. The molecule has 1 unspecified atom stereocenters. The lowest BCUT2D eigenvalue weighted by molar-refractivity contribution is -0.123. The number of hydrogen-bond donors (Lipinski definition) is 7. The Kier molecular flexibility index (Phi) is 13.8. The van der Waals surface area contributed by atoms with Gasteiger partial charge in [0.2, 0.25) is 11.8 Å². The van der Waals surface area contributed by atoms with Crippen LogP contribution >= 0.6 is 7.82 Å². The first-order valence-electron chi connectivity index (χ1n) is 16.5. The van der Waals surface area contributed by atoms with Crippen molar-refractivity contribution in [1.82, 2.24) is 15.6 Å². The molecular formula is C35H42F3N4O8P. The van der Waals surface area contributed by atoms with Gasteiger partial charge in [-0.3, -0.25) is 18.9 Å². The van der Waals surface area contributed by atoms with Gasteiger partial charge in [-0.1, -0.05) is 12.5 Å². The number of halogens is 3. The smallest absolute Gasteiger partial charge is 0.396 e. The van der Waals surface area contributed by atoms with Crippen LogP contribution in [-0.2, 0) is 36.3 Å². The number of anilines is 1. The van der Waals surface area contributed by atoms with Gasteiger partial charge in [0.05, 0.1) is 12.2 Å². The molecule has 0 fully saturated rings. The third-order valence-electron chi connectivity index (χ3n) is 8.65. The molecule has 0 saturated carbocycles. The summed E-state index contributed by atoms with van der Waals surface area (Å²) >= 11 is 0. The molecule has 1 aliphatic heterocycles. The van der Waals surface area contributed by atoms with Crippen molar-refractivity contribution in [2.24, 2.45) is 5.92 Å². The van der Waals surface area contributed by atoms with Crippen molar-refractivity contribution in [3.8, 4) is 0 Å². The van der Waals surface area contributed by atoms with Gasteiger partial charge in [0.25, 0.3) is 5.91 Å². The molecule has 3 aromatic rings. The highest BCUT2D eigenvalue weighted by atomic mass is 31.2. The number of aromatic nitrogens is 1. The summed E-state index contributed by atoms with van der Waals surface area (Å²) in [6.07, 6.45) is 3.35. The maximum Gasteiger partial charge on any atom is 0.469 e. The van der Waals surface area contributed by atoms with E-state index < -0.39 is 37.2 Å². The fourth-order valence-corrected chi connectivity index (χ4v) is 6.36. The first-order chi connectivity index (χ1) is 24.1. The molecule has 0 bridgehead atoms. The Morgan fingerprint density at radius 3 is 2.51 bits per heavy atom. The van der Waals surface area contributed by atoms with Crippen LogP contribution in [0.15, 0.2) is 36.4 Å². The van der Waals surface area contributed by atoms with Gasteiger partial charge >= 0.3 is 7.82 Å². The Morgan fingerprint density at radius 2 is 1.80 bits per heavy atom. The standard InChI is InChI=1S/C35H42F3N4O8P/c1-20-26(21(2)40-32(20)17-28-27-15-24(36)7-10-31(27)42-35(28)46)8-11-33(44)41-25(13-22-6-9-29(37)30(38)14-22)16-34(45)39-12-4-3-5-23(18-43)19-50-51(47,48)49/h6-7,9-10,14-15,17,23,25,40,43H,3-5,8,11-13,16,18-19H2,1-2H3,(H,39,45)(H,41,44)(H,42,46)(H2,47,48,49)/b28-17-/t23?,25-/m1/s1.